The largest absolute Gasteiger partial charge is 0.444 e. The van der Waals surface area contributed by atoms with E-state index < -0.39 is 11.0 Å². The second kappa shape index (κ2) is 6.22. The zero-order valence-electron chi connectivity index (χ0n) is 14.2. The second-order valence-electron chi connectivity index (χ2n) is 6.86. The molecule has 0 aromatic carbocycles. The standard InChI is InChI=1S/C15H28N2O4/c1-11-15(5,12(18)16(6)20-7)9-8-10-17(11)13(19)21-14(2,3)4/h11H,8-10H2,1-7H3. The molecule has 1 fully saturated rings. The Bertz CT molecular complexity index is 405. The van der Waals surface area contributed by atoms with Gasteiger partial charge >= 0.3 is 6.09 Å². The zero-order valence-corrected chi connectivity index (χ0v) is 14.2. The van der Waals surface area contributed by atoms with Crippen molar-refractivity contribution in [3.63, 3.8) is 0 Å². The maximum atomic E-state index is 12.5. The van der Waals surface area contributed by atoms with E-state index in [4.69, 9.17) is 9.57 Å². The first-order chi connectivity index (χ1) is 9.53. The molecule has 0 radical (unpaired) electrons. The van der Waals surface area contributed by atoms with Crippen molar-refractivity contribution in [3.05, 3.63) is 0 Å². The molecule has 0 spiro atoms. The Balaban J connectivity index is 2.92. The van der Waals surface area contributed by atoms with Crippen LogP contribution in [-0.2, 0) is 14.4 Å². The third kappa shape index (κ3) is 3.87. The van der Waals surface area contributed by atoms with Crippen molar-refractivity contribution in [2.75, 3.05) is 20.7 Å². The summed E-state index contributed by atoms with van der Waals surface area (Å²) in [4.78, 5) is 31.5. The van der Waals surface area contributed by atoms with E-state index in [0.29, 0.717) is 6.54 Å². The molecular weight excluding hydrogens is 272 g/mol. The number of carbonyl (C=O) groups excluding carboxylic acids is 2. The molecule has 1 rings (SSSR count). The number of hydroxylamine groups is 2. The Hall–Kier alpha value is -1.30. The summed E-state index contributed by atoms with van der Waals surface area (Å²) in [5.74, 6) is -0.120. The highest BCUT2D eigenvalue weighted by atomic mass is 16.7. The minimum atomic E-state index is -0.667. The average molecular weight is 300 g/mol. The van der Waals surface area contributed by atoms with Crippen molar-refractivity contribution in [2.45, 2.75) is 59.1 Å². The highest BCUT2D eigenvalue weighted by molar-refractivity contribution is 5.83. The van der Waals surface area contributed by atoms with E-state index in [-0.39, 0.29) is 18.0 Å². The predicted molar refractivity (Wildman–Crippen MR) is 79.5 cm³/mol. The Kier molecular flexibility index (Phi) is 5.25. The lowest BCUT2D eigenvalue weighted by Crippen LogP contribution is -2.58. The van der Waals surface area contributed by atoms with Gasteiger partial charge in [0.2, 0.25) is 0 Å². The van der Waals surface area contributed by atoms with Crippen molar-refractivity contribution >= 4 is 12.0 Å². The third-order valence-electron chi connectivity index (χ3n) is 4.16. The van der Waals surface area contributed by atoms with Crippen LogP contribution in [0.3, 0.4) is 0 Å². The maximum absolute atomic E-state index is 12.5. The average Bonchev–Trinajstić information content (AvgIpc) is 2.38. The molecule has 0 N–H and O–H groups in total. The topological polar surface area (TPSA) is 59.1 Å². The monoisotopic (exact) mass is 300 g/mol. The van der Waals surface area contributed by atoms with Gasteiger partial charge < -0.3 is 9.64 Å². The van der Waals surface area contributed by atoms with Crippen molar-refractivity contribution in [1.29, 1.82) is 0 Å². The molecule has 2 unspecified atom stereocenters. The van der Waals surface area contributed by atoms with E-state index in [9.17, 15) is 9.59 Å². The summed E-state index contributed by atoms with van der Waals surface area (Å²) in [7, 11) is 3.05. The van der Waals surface area contributed by atoms with Crippen molar-refractivity contribution in [3.8, 4) is 0 Å². The normalized spacial score (nSPS) is 26.4. The van der Waals surface area contributed by atoms with Gasteiger partial charge in [0.05, 0.1) is 12.5 Å². The van der Waals surface area contributed by atoms with Crippen LogP contribution in [0.2, 0.25) is 0 Å². The van der Waals surface area contributed by atoms with Gasteiger partial charge in [-0.05, 0) is 47.5 Å². The van der Waals surface area contributed by atoms with Crippen LogP contribution in [0.4, 0.5) is 4.79 Å². The molecule has 122 valence electrons. The van der Waals surface area contributed by atoms with Gasteiger partial charge in [-0.1, -0.05) is 0 Å². The fraction of sp³-hybridized carbons (Fsp3) is 0.867. The first-order valence-electron chi connectivity index (χ1n) is 7.35. The summed E-state index contributed by atoms with van der Waals surface area (Å²) in [6.07, 6.45) is 1.12. The van der Waals surface area contributed by atoms with Crippen LogP contribution in [0.1, 0.15) is 47.5 Å². The molecule has 6 nitrogen and oxygen atoms in total. The van der Waals surface area contributed by atoms with Crippen LogP contribution < -0.4 is 0 Å². The Morgan fingerprint density at radius 1 is 1.33 bits per heavy atom. The molecule has 0 bridgehead atoms. The first-order valence-corrected chi connectivity index (χ1v) is 7.35. The third-order valence-corrected chi connectivity index (χ3v) is 4.16. The van der Waals surface area contributed by atoms with Crippen LogP contribution in [-0.4, -0.2) is 54.3 Å². The second-order valence-corrected chi connectivity index (χ2v) is 6.86. The van der Waals surface area contributed by atoms with Crippen LogP contribution in [0.5, 0.6) is 0 Å². The van der Waals surface area contributed by atoms with E-state index >= 15 is 0 Å². The lowest BCUT2D eigenvalue weighted by Gasteiger charge is -2.46. The van der Waals surface area contributed by atoms with E-state index in [1.165, 1.54) is 12.2 Å². The number of hydrogen-bond acceptors (Lipinski definition) is 4. The van der Waals surface area contributed by atoms with Gasteiger partial charge in [-0.25, -0.2) is 9.86 Å². The molecule has 0 saturated carbocycles. The van der Waals surface area contributed by atoms with Gasteiger partial charge in [-0.3, -0.25) is 9.63 Å². The molecule has 0 aromatic heterocycles. The van der Waals surface area contributed by atoms with Crippen LogP contribution in [0, 0.1) is 5.41 Å². The van der Waals surface area contributed by atoms with E-state index in [1.54, 1.807) is 11.9 Å². The van der Waals surface area contributed by atoms with E-state index in [2.05, 4.69) is 0 Å². The summed E-state index contributed by atoms with van der Waals surface area (Å²) >= 11 is 0. The lowest BCUT2D eigenvalue weighted by molar-refractivity contribution is -0.185. The number of hydrogen-bond donors (Lipinski definition) is 0. The number of carbonyl (C=O) groups is 2. The molecule has 6 heteroatoms. The Morgan fingerprint density at radius 2 is 1.90 bits per heavy atom. The Morgan fingerprint density at radius 3 is 2.38 bits per heavy atom. The number of nitrogens with zero attached hydrogens (tertiary/aromatic N) is 2. The molecule has 2 amide bonds. The minimum absolute atomic E-state index is 0.120. The molecule has 0 aromatic rings. The van der Waals surface area contributed by atoms with Crippen LogP contribution in [0.25, 0.3) is 0 Å². The van der Waals surface area contributed by atoms with Gasteiger partial charge in [0.1, 0.15) is 5.60 Å². The van der Waals surface area contributed by atoms with Crippen molar-refractivity contribution in [1.82, 2.24) is 9.96 Å². The summed E-state index contributed by atoms with van der Waals surface area (Å²) in [6.45, 7) is 9.89. The number of ether oxygens (including phenoxy) is 1. The molecule has 0 aliphatic carbocycles. The molecule has 2 atom stereocenters. The van der Waals surface area contributed by atoms with Gasteiger partial charge in [-0.15, -0.1) is 0 Å². The fourth-order valence-electron chi connectivity index (χ4n) is 2.66. The van der Waals surface area contributed by atoms with Gasteiger partial charge in [0.15, 0.2) is 0 Å². The fourth-order valence-corrected chi connectivity index (χ4v) is 2.66. The lowest BCUT2D eigenvalue weighted by atomic mass is 9.74. The summed E-state index contributed by atoms with van der Waals surface area (Å²) < 4.78 is 5.44. The molecule has 1 aliphatic rings. The summed E-state index contributed by atoms with van der Waals surface area (Å²) in [5.41, 5.74) is -1.21. The summed E-state index contributed by atoms with van der Waals surface area (Å²) in [5, 5.41) is 1.23. The highest BCUT2D eigenvalue weighted by Crippen LogP contribution is 2.37. The van der Waals surface area contributed by atoms with Crippen LogP contribution in [0.15, 0.2) is 0 Å². The maximum Gasteiger partial charge on any atom is 0.410 e. The summed E-state index contributed by atoms with van der Waals surface area (Å²) in [6, 6.07) is -0.244. The quantitative estimate of drug-likeness (QED) is 0.735. The number of amides is 2. The SMILES string of the molecule is CON(C)C(=O)C1(C)CCCN(C(=O)OC(C)(C)C)C1C. The number of piperidine rings is 1. The zero-order chi connectivity index (χ0) is 16.4. The molecular formula is C15H28N2O4. The molecule has 1 aliphatic heterocycles. The van der Waals surface area contributed by atoms with Gasteiger partial charge in [-0.2, -0.15) is 0 Å². The van der Waals surface area contributed by atoms with Crippen molar-refractivity contribution < 1.29 is 19.2 Å². The van der Waals surface area contributed by atoms with Gasteiger partial charge in [0, 0.05) is 19.6 Å². The van der Waals surface area contributed by atoms with Crippen LogP contribution >= 0.6 is 0 Å². The molecule has 1 heterocycles. The highest BCUT2D eigenvalue weighted by Gasteiger charge is 2.48. The van der Waals surface area contributed by atoms with Gasteiger partial charge in [0.25, 0.3) is 5.91 Å². The van der Waals surface area contributed by atoms with Crippen molar-refractivity contribution in [2.24, 2.45) is 5.41 Å². The first kappa shape index (κ1) is 17.8. The Labute approximate surface area is 127 Å². The molecule has 21 heavy (non-hydrogen) atoms. The van der Waals surface area contributed by atoms with E-state index in [0.717, 1.165) is 12.8 Å². The number of rotatable bonds is 2. The van der Waals surface area contributed by atoms with E-state index in [1.807, 2.05) is 34.6 Å². The molecule has 1 saturated heterocycles. The minimum Gasteiger partial charge on any atom is -0.444 e. The number of likely N-dealkylation sites (tertiary alicyclic amines) is 1. The predicted octanol–water partition coefficient (Wildman–Crippen LogP) is 2.43. The smallest absolute Gasteiger partial charge is 0.410 e.